The van der Waals surface area contributed by atoms with Gasteiger partial charge in [0.1, 0.15) is 5.76 Å². The van der Waals surface area contributed by atoms with Gasteiger partial charge in [-0.15, -0.1) is 0 Å². The molecule has 0 radical (unpaired) electrons. The topological polar surface area (TPSA) is 81.9 Å². The number of likely N-dealkylation sites (tertiary alicyclic amines) is 1. The van der Waals surface area contributed by atoms with Gasteiger partial charge < -0.3 is 19.6 Å². The summed E-state index contributed by atoms with van der Waals surface area (Å²) in [5.74, 6) is 1.35. The Labute approximate surface area is 154 Å². The highest BCUT2D eigenvalue weighted by Gasteiger charge is 2.23. The molecule has 0 atom stereocenters. The second-order valence-corrected chi connectivity index (χ2v) is 7.18. The van der Waals surface area contributed by atoms with Crippen LogP contribution >= 0.6 is 0 Å². The van der Waals surface area contributed by atoms with Crippen molar-refractivity contribution < 1.29 is 14.1 Å². The number of carbonyl (C=O) groups excluding carboxylic acids is 2. The lowest BCUT2D eigenvalue weighted by Crippen LogP contribution is -2.51. The van der Waals surface area contributed by atoms with E-state index in [1.165, 1.54) is 6.42 Å². The van der Waals surface area contributed by atoms with Gasteiger partial charge in [0.15, 0.2) is 5.82 Å². The Morgan fingerprint density at radius 3 is 2.42 bits per heavy atom. The summed E-state index contributed by atoms with van der Waals surface area (Å²) in [6.07, 6.45) is 3.94. The molecule has 3 rings (SSSR count). The van der Waals surface area contributed by atoms with Crippen LogP contribution in [0, 0.1) is 6.92 Å². The Kier molecular flexibility index (Phi) is 6.62. The third-order valence-corrected chi connectivity index (χ3v) is 5.08. The highest BCUT2D eigenvalue weighted by molar-refractivity contribution is 5.89. The van der Waals surface area contributed by atoms with Crippen molar-refractivity contribution in [2.45, 2.75) is 32.6 Å². The molecule has 2 aliphatic heterocycles. The van der Waals surface area contributed by atoms with E-state index in [9.17, 15) is 9.59 Å². The van der Waals surface area contributed by atoms with E-state index < -0.39 is 0 Å². The van der Waals surface area contributed by atoms with Crippen LogP contribution in [0.3, 0.4) is 0 Å². The van der Waals surface area contributed by atoms with Gasteiger partial charge in [-0.1, -0.05) is 5.16 Å². The van der Waals surface area contributed by atoms with E-state index in [1.54, 1.807) is 13.0 Å². The molecule has 0 unspecified atom stereocenters. The van der Waals surface area contributed by atoms with Crippen LogP contribution in [0.5, 0.6) is 0 Å². The van der Waals surface area contributed by atoms with Gasteiger partial charge in [-0.3, -0.25) is 14.5 Å². The summed E-state index contributed by atoms with van der Waals surface area (Å²) in [6, 6.07) is 1.70. The number of rotatable bonds is 6. The molecule has 0 aliphatic carbocycles. The van der Waals surface area contributed by atoms with E-state index in [0.29, 0.717) is 24.5 Å². The fourth-order valence-electron chi connectivity index (χ4n) is 3.50. The van der Waals surface area contributed by atoms with Crippen LogP contribution in [0.1, 0.15) is 31.4 Å². The number of hydrogen-bond acceptors (Lipinski definition) is 6. The molecule has 144 valence electrons. The van der Waals surface area contributed by atoms with Crippen LogP contribution in [0.15, 0.2) is 10.6 Å². The third-order valence-electron chi connectivity index (χ3n) is 5.08. The number of carbonyl (C=O) groups is 2. The molecule has 2 aliphatic rings. The predicted molar refractivity (Wildman–Crippen MR) is 97.8 cm³/mol. The van der Waals surface area contributed by atoms with E-state index in [1.807, 2.05) is 4.90 Å². The third kappa shape index (κ3) is 5.54. The van der Waals surface area contributed by atoms with Gasteiger partial charge in [0.25, 0.3) is 0 Å². The van der Waals surface area contributed by atoms with Gasteiger partial charge in [-0.05, 0) is 26.2 Å². The molecule has 8 nitrogen and oxygen atoms in total. The maximum atomic E-state index is 12.3. The Balaban J connectivity index is 1.32. The Morgan fingerprint density at radius 1 is 1.08 bits per heavy atom. The molecule has 0 aromatic carbocycles. The van der Waals surface area contributed by atoms with Crippen molar-refractivity contribution in [1.29, 1.82) is 0 Å². The normalized spacial score (nSPS) is 19.5. The molecular formula is C18H29N5O3. The summed E-state index contributed by atoms with van der Waals surface area (Å²) in [4.78, 5) is 30.8. The number of aryl methyl sites for hydroxylation is 1. The minimum absolute atomic E-state index is 0.0546. The molecule has 2 saturated heterocycles. The zero-order chi connectivity index (χ0) is 18.4. The maximum Gasteiger partial charge on any atom is 0.236 e. The molecule has 0 saturated carbocycles. The summed E-state index contributed by atoms with van der Waals surface area (Å²) in [6.45, 7) is 8.41. The minimum Gasteiger partial charge on any atom is -0.360 e. The van der Waals surface area contributed by atoms with E-state index in [2.05, 4.69) is 20.3 Å². The zero-order valence-corrected chi connectivity index (χ0v) is 15.6. The molecule has 1 N–H and O–H groups in total. The fraction of sp³-hybridized carbons (Fsp3) is 0.722. The van der Waals surface area contributed by atoms with Crippen molar-refractivity contribution in [1.82, 2.24) is 19.9 Å². The predicted octanol–water partition coefficient (Wildman–Crippen LogP) is 0.942. The van der Waals surface area contributed by atoms with E-state index in [-0.39, 0.29) is 11.8 Å². The van der Waals surface area contributed by atoms with Crippen molar-refractivity contribution in [2.24, 2.45) is 0 Å². The number of piperidine rings is 1. The van der Waals surface area contributed by atoms with Crippen LogP contribution in [0.4, 0.5) is 5.82 Å². The highest BCUT2D eigenvalue weighted by Crippen LogP contribution is 2.11. The van der Waals surface area contributed by atoms with Gasteiger partial charge in [0, 0.05) is 58.3 Å². The van der Waals surface area contributed by atoms with E-state index in [0.717, 1.165) is 58.7 Å². The number of piperazine rings is 1. The molecule has 2 fully saturated rings. The summed E-state index contributed by atoms with van der Waals surface area (Å²) < 4.78 is 4.94. The number of amides is 2. The monoisotopic (exact) mass is 363 g/mol. The molecule has 3 heterocycles. The minimum atomic E-state index is -0.0546. The largest absolute Gasteiger partial charge is 0.360 e. The smallest absolute Gasteiger partial charge is 0.236 e. The van der Waals surface area contributed by atoms with Crippen LogP contribution in [0.2, 0.25) is 0 Å². The molecular weight excluding hydrogens is 334 g/mol. The molecule has 0 spiro atoms. The molecule has 1 aromatic rings. The summed E-state index contributed by atoms with van der Waals surface area (Å²) in [7, 11) is 0. The maximum absolute atomic E-state index is 12.3. The number of nitrogens with zero attached hydrogens (tertiary/aromatic N) is 4. The van der Waals surface area contributed by atoms with Gasteiger partial charge in [0.2, 0.25) is 11.8 Å². The number of nitrogens with one attached hydrogen (secondary N) is 1. The molecule has 8 heteroatoms. The van der Waals surface area contributed by atoms with E-state index in [4.69, 9.17) is 4.52 Å². The average molecular weight is 363 g/mol. The quantitative estimate of drug-likeness (QED) is 0.810. The Bertz CT molecular complexity index is 604. The second kappa shape index (κ2) is 9.14. The molecule has 26 heavy (non-hydrogen) atoms. The lowest BCUT2D eigenvalue weighted by atomic mass is 10.1. The highest BCUT2D eigenvalue weighted by atomic mass is 16.5. The summed E-state index contributed by atoms with van der Waals surface area (Å²) >= 11 is 0. The van der Waals surface area contributed by atoms with Crippen LogP contribution in [0.25, 0.3) is 0 Å². The lowest BCUT2D eigenvalue weighted by Gasteiger charge is -2.36. The Morgan fingerprint density at radius 2 is 1.77 bits per heavy atom. The van der Waals surface area contributed by atoms with Crippen LogP contribution in [-0.4, -0.2) is 84.0 Å². The van der Waals surface area contributed by atoms with Gasteiger partial charge in [-0.25, -0.2) is 0 Å². The zero-order valence-electron chi connectivity index (χ0n) is 15.6. The van der Waals surface area contributed by atoms with Crippen molar-refractivity contribution in [3.8, 4) is 0 Å². The second-order valence-electron chi connectivity index (χ2n) is 7.18. The number of hydrogen-bond donors (Lipinski definition) is 1. The first-order chi connectivity index (χ1) is 12.6. The van der Waals surface area contributed by atoms with Crippen LogP contribution in [-0.2, 0) is 9.59 Å². The molecule has 2 amide bonds. The van der Waals surface area contributed by atoms with Crippen molar-refractivity contribution in [2.75, 3.05) is 57.7 Å². The SMILES string of the molecule is Cc1cc(NC(=O)CCN2CCN(CC(=O)N3CCCCC3)CC2)no1. The van der Waals surface area contributed by atoms with Crippen molar-refractivity contribution in [3.05, 3.63) is 11.8 Å². The number of anilines is 1. The van der Waals surface area contributed by atoms with Gasteiger partial charge >= 0.3 is 0 Å². The standard InChI is InChI=1S/C18H29N5O3/c1-15-13-16(20-26-15)19-17(24)5-8-21-9-11-22(12-10-21)14-18(25)23-6-3-2-4-7-23/h13H,2-12,14H2,1H3,(H,19,20,24). The Hall–Kier alpha value is -1.93. The first-order valence-corrected chi connectivity index (χ1v) is 9.56. The van der Waals surface area contributed by atoms with Gasteiger partial charge in [-0.2, -0.15) is 0 Å². The first kappa shape index (κ1) is 18.8. The number of aromatic nitrogens is 1. The van der Waals surface area contributed by atoms with Gasteiger partial charge in [0.05, 0.1) is 6.54 Å². The molecule has 0 bridgehead atoms. The average Bonchev–Trinajstić information content (AvgIpc) is 3.06. The van der Waals surface area contributed by atoms with Crippen molar-refractivity contribution in [3.63, 3.8) is 0 Å². The lowest BCUT2D eigenvalue weighted by molar-refractivity contribution is -0.133. The van der Waals surface area contributed by atoms with Crippen LogP contribution < -0.4 is 5.32 Å². The molecule has 1 aromatic heterocycles. The summed E-state index contributed by atoms with van der Waals surface area (Å²) in [5, 5.41) is 6.51. The van der Waals surface area contributed by atoms with E-state index >= 15 is 0 Å². The van der Waals surface area contributed by atoms with Crippen molar-refractivity contribution >= 4 is 17.6 Å². The summed E-state index contributed by atoms with van der Waals surface area (Å²) in [5.41, 5.74) is 0. The fourth-order valence-corrected chi connectivity index (χ4v) is 3.50. The first-order valence-electron chi connectivity index (χ1n) is 9.56.